The molecule has 3 heteroatoms. The van der Waals surface area contributed by atoms with Crippen LogP contribution in [0.4, 0.5) is 8.78 Å². The average Bonchev–Trinajstić information content (AvgIpc) is 2.24. The van der Waals surface area contributed by atoms with Crippen LogP contribution in [0.1, 0.15) is 53.4 Å². The highest BCUT2D eigenvalue weighted by Gasteiger charge is 2.35. The Balaban J connectivity index is 2.50. The summed E-state index contributed by atoms with van der Waals surface area (Å²) >= 11 is 0. The second-order valence-corrected chi connectivity index (χ2v) is 6.40. The van der Waals surface area contributed by atoms with E-state index in [1.54, 1.807) is 0 Å². The van der Waals surface area contributed by atoms with Crippen molar-refractivity contribution in [2.75, 3.05) is 6.54 Å². The Labute approximate surface area is 104 Å². The van der Waals surface area contributed by atoms with Gasteiger partial charge in [0.15, 0.2) is 0 Å². The van der Waals surface area contributed by atoms with Crippen LogP contribution in [0.15, 0.2) is 0 Å². The lowest BCUT2D eigenvalue weighted by Crippen LogP contribution is -2.44. The van der Waals surface area contributed by atoms with Crippen molar-refractivity contribution in [3.8, 4) is 0 Å². The molecule has 1 rings (SSSR count). The highest BCUT2D eigenvalue weighted by Crippen LogP contribution is 2.41. The Morgan fingerprint density at radius 2 is 1.65 bits per heavy atom. The molecule has 1 aliphatic carbocycles. The Bertz CT molecular complexity index is 215. The van der Waals surface area contributed by atoms with Crippen LogP contribution in [0, 0.1) is 17.3 Å². The SMILES string of the molecule is CCNC(C(F)F)C1CCC(C(C)(C)C)CC1. The molecule has 0 aromatic heterocycles. The molecule has 0 aliphatic heterocycles. The highest BCUT2D eigenvalue weighted by molar-refractivity contribution is 4.86. The topological polar surface area (TPSA) is 12.0 Å². The van der Waals surface area contributed by atoms with Crippen molar-refractivity contribution in [3.63, 3.8) is 0 Å². The molecule has 0 bridgehead atoms. The fraction of sp³-hybridized carbons (Fsp3) is 1.00. The first-order chi connectivity index (χ1) is 7.86. The lowest BCUT2D eigenvalue weighted by molar-refractivity contribution is 0.0425. The van der Waals surface area contributed by atoms with E-state index >= 15 is 0 Å². The van der Waals surface area contributed by atoms with E-state index in [1.807, 2.05) is 6.92 Å². The van der Waals surface area contributed by atoms with Crippen molar-refractivity contribution in [3.05, 3.63) is 0 Å². The summed E-state index contributed by atoms with van der Waals surface area (Å²) in [7, 11) is 0. The number of hydrogen-bond donors (Lipinski definition) is 1. The summed E-state index contributed by atoms with van der Waals surface area (Å²) in [5.74, 6) is 0.854. The summed E-state index contributed by atoms with van der Waals surface area (Å²) in [6, 6.07) is -0.596. The summed E-state index contributed by atoms with van der Waals surface area (Å²) in [6.07, 6.45) is 1.87. The first-order valence-electron chi connectivity index (χ1n) is 6.87. The van der Waals surface area contributed by atoms with Crippen molar-refractivity contribution >= 4 is 0 Å². The number of nitrogens with one attached hydrogen (secondary N) is 1. The molecule has 1 aliphatic rings. The third kappa shape index (κ3) is 4.20. The Hall–Kier alpha value is -0.180. The molecule has 0 radical (unpaired) electrons. The zero-order chi connectivity index (χ0) is 13.1. The fourth-order valence-electron chi connectivity index (χ4n) is 3.04. The first-order valence-corrected chi connectivity index (χ1v) is 6.87. The quantitative estimate of drug-likeness (QED) is 0.789. The van der Waals surface area contributed by atoms with Gasteiger partial charge in [-0.1, -0.05) is 27.7 Å². The van der Waals surface area contributed by atoms with Gasteiger partial charge in [-0.05, 0) is 49.5 Å². The molecule has 0 spiro atoms. The van der Waals surface area contributed by atoms with Crippen LogP contribution in [-0.4, -0.2) is 19.0 Å². The summed E-state index contributed by atoms with van der Waals surface area (Å²) in [5.41, 5.74) is 0.323. The van der Waals surface area contributed by atoms with E-state index in [9.17, 15) is 8.78 Å². The predicted molar refractivity (Wildman–Crippen MR) is 68.4 cm³/mol. The zero-order valence-electron chi connectivity index (χ0n) is 11.6. The minimum atomic E-state index is -2.23. The standard InChI is InChI=1S/C14H27F2N/c1-5-17-12(13(15)16)10-6-8-11(9-7-10)14(2,3)4/h10-13,17H,5-9H2,1-4H3. The number of hydrogen-bond acceptors (Lipinski definition) is 1. The molecular formula is C14H27F2N. The second kappa shape index (κ2) is 6.12. The van der Waals surface area contributed by atoms with Gasteiger partial charge in [0.2, 0.25) is 0 Å². The lowest BCUT2D eigenvalue weighted by Gasteiger charge is -2.39. The third-order valence-corrected chi connectivity index (χ3v) is 4.22. The van der Waals surface area contributed by atoms with E-state index in [1.165, 1.54) is 0 Å². The Kier molecular flexibility index (Phi) is 5.36. The molecule has 1 saturated carbocycles. The van der Waals surface area contributed by atoms with Crippen molar-refractivity contribution < 1.29 is 8.78 Å². The van der Waals surface area contributed by atoms with Crippen molar-refractivity contribution in [1.82, 2.24) is 5.32 Å². The average molecular weight is 247 g/mol. The third-order valence-electron chi connectivity index (χ3n) is 4.22. The van der Waals surface area contributed by atoms with E-state index in [0.717, 1.165) is 25.7 Å². The molecule has 1 N–H and O–H groups in total. The summed E-state index contributed by atoms with van der Waals surface area (Å²) < 4.78 is 25.9. The maximum absolute atomic E-state index is 12.9. The van der Waals surface area contributed by atoms with Crippen LogP contribution in [0.3, 0.4) is 0 Å². The number of alkyl halides is 2. The van der Waals surface area contributed by atoms with Gasteiger partial charge in [-0.3, -0.25) is 0 Å². The van der Waals surface area contributed by atoms with Crippen molar-refractivity contribution in [2.45, 2.75) is 65.8 Å². The minimum absolute atomic E-state index is 0.161. The monoisotopic (exact) mass is 247 g/mol. The lowest BCUT2D eigenvalue weighted by atomic mass is 9.68. The van der Waals surface area contributed by atoms with Crippen LogP contribution in [0.5, 0.6) is 0 Å². The fourth-order valence-corrected chi connectivity index (χ4v) is 3.04. The highest BCUT2D eigenvalue weighted by atomic mass is 19.3. The van der Waals surface area contributed by atoms with Gasteiger partial charge in [0.1, 0.15) is 0 Å². The van der Waals surface area contributed by atoms with E-state index in [0.29, 0.717) is 17.9 Å². The molecule has 102 valence electrons. The normalized spacial score (nSPS) is 28.4. The molecule has 0 saturated heterocycles. The molecule has 0 aromatic rings. The van der Waals surface area contributed by atoms with Crippen LogP contribution < -0.4 is 5.32 Å². The van der Waals surface area contributed by atoms with Crippen LogP contribution in [-0.2, 0) is 0 Å². The second-order valence-electron chi connectivity index (χ2n) is 6.40. The summed E-state index contributed by atoms with van der Waals surface area (Å²) in [4.78, 5) is 0. The molecule has 1 nitrogen and oxygen atoms in total. The van der Waals surface area contributed by atoms with Gasteiger partial charge in [-0.15, -0.1) is 0 Å². The Morgan fingerprint density at radius 3 is 2.00 bits per heavy atom. The van der Waals surface area contributed by atoms with Gasteiger partial charge < -0.3 is 5.32 Å². The first kappa shape index (κ1) is 14.9. The van der Waals surface area contributed by atoms with Crippen LogP contribution in [0.2, 0.25) is 0 Å². The molecular weight excluding hydrogens is 220 g/mol. The van der Waals surface area contributed by atoms with E-state index in [-0.39, 0.29) is 5.92 Å². The molecule has 0 amide bonds. The van der Waals surface area contributed by atoms with E-state index in [4.69, 9.17) is 0 Å². The zero-order valence-corrected chi connectivity index (χ0v) is 11.6. The van der Waals surface area contributed by atoms with Crippen LogP contribution in [0.25, 0.3) is 0 Å². The maximum atomic E-state index is 12.9. The number of halogens is 2. The molecule has 0 heterocycles. The maximum Gasteiger partial charge on any atom is 0.253 e. The van der Waals surface area contributed by atoms with Gasteiger partial charge >= 0.3 is 0 Å². The predicted octanol–water partition coefficient (Wildman–Crippen LogP) is 4.08. The smallest absolute Gasteiger partial charge is 0.253 e. The Morgan fingerprint density at radius 1 is 1.12 bits per heavy atom. The van der Waals surface area contributed by atoms with Crippen LogP contribution >= 0.6 is 0 Å². The van der Waals surface area contributed by atoms with Gasteiger partial charge in [0, 0.05) is 0 Å². The number of rotatable bonds is 4. The van der Waals surface area contributed by atoms with Gasteiger partial charge in [-0.25, -0.2) is 8.78 Å². The molecule has 0 aromatic carbocycles. The molecule has 1 unspecified atom stereocenters. The van der Waals surface area contributed by atoms with Gasteiger partial charge in [0.25, 0.3) is 6.43 Å². The van der Waals surface area contributed by atoms with Crippen molar-refractivity contribution in [2.24, 2.45) is 17.3 Å². The van der Waals surface area contributed by atoms with E-state index < -0.39 is 12.5 Å². The summed E-state index contributed by atoms with van der Waals surface area (Å²) in [5, 5.41) is 2.96. The van der Waals surface area contributed by atoms with E-state index in [2.05, 4.69) is 26.1 Å². The summed E-state index contributed by atoms with van der Waals surface area (Å²) in [6.45, 7) is 9.30. The van der Waals surface area contributed by atoms with Gasteiger partial charge in [-0.2, -0.15) is 0 Å². The molecule has 1 fully saturated rings. The van der Waals surface area contributed by atoms with Crippen molar-refractivity contribution in [1.29, 1.82) is 0 Å². The van der Waals surface area contributed by atoms with Gasteiger partial charge in [0.05, 0.1) is 6.04 Å². The molecule has 17 heavy (non-hydrogen) atoms. The largest absolute Gasteiger partial charge is 0.309 e. The molecule has 1 atom stereocenters. The minimum Gasteiger partial charge on any atom is -0.309 e.